The molecule has 2 heterocycles. The SMILES string of the molecule is Cc1cc(/C=N/NC(=S)N2CCCCC2)n[nH]1. The normalized spacial score (nSPS) is 16.4. The van der Waals surface area contributed by atoms with Crippen molar-refractivity contribution in [3.8, 4) is 0 Å². The molecule has 0 bridgehead atoms. The summed E-state index contributed by atoms with van der Waals surface area (Å²) in [6.07, 6.45) is 5.39. The monoisotopic (exact) mass is 251 g/mol. The third-order valence-electron chi connectivity index (χ3n) is 2.73. The molecule has 17 heavy (non-hydrogen) atoms. The van der Waals surface area contributed by atoms with Gasteiger partial charge in [-0.1, -0.05) is 0 Å². The van der Waals surface area contributed by atoms with Gasteiger partial charge in [-0.25, -0.2) is 0 Å². The second kappa shape index (κ2) is 5.77. The van der Waals surface area contributed by atoms with Crippen LogP contribution in [0.5, 0.6) is 0 Å². The van der Waals surface area contributed by atoms with Gasteiger partial charge in [-0.15, -0.1) is 0 Å². The Bertz CT molecular complexity index is 406. The van der Waals surface area contributed by atoms with Crippen LogP contribution in [-0.4, -0.2) is 39.5 Å². The Morgan fingerprint density at radius 1 is 1.53 bits per heavy atom. The fourth-order valence-corrected chi connectivity index (χ4v) is 2.06. The maximum absolute atomic E-state index is 5.27. The first-order valence-electron chi connectivity index (χ1n) is 5.86. The van der Waals surface area contributed by atoms with Gasteiger partial charge in [0.15, 0.2) is 5.11 Å². The van der Waals surface area contributed by atoms with Crippen molar-refractivity contribution in [2.75, 3.05) is 13.1 Å². The van der Waals surface area contributed by atoms with Gasteiger partial charge in [0, 0.05) is 18.8 Å². The van der Waals surface area contributed by atoms with E-state index < -0.39 is 0 Å². The molecule has 0 amide bonds. The molecule has 92 valence electrons. The smallest absolute Gasteiger partial charge is 0.189 e. The van der Waals surface area contributed by atoms with Crippen LogP contribution in [0, 0.1) is 6.92 Å². The molecule has 0 aromatic carbocycles. The van der Waals surface area contributed by atoms with Crippen LogP contribution in [0.25, 0.3) is 0 Å². The second-order valence-electron chi connectivity index (χ2n) is 4.20. The topological polar surface area (TPSA) is 56.3 Å². The van der Waals surface area contributed by atoms with E-state index in [4.69, 9.17) is 12.2 Å². The lowest BCUT2D eigenvalue weighted by molar-refractivity contribution is 0.338. The maximum atomic E-state index is 5.27. The molecule has 0 atom stereocenters. The molecule has 0 spiro atoms. The Labute approximate surface area is 106 Å². The lowest BCUT2D eigenvalue weighted by atomic mass is 10.1. The summed E-state index contributed by atoms with van der Waals surface area (Å²) < 4.78 is 0. The van der Waals surface area contributed by atoms with Crippen LogP contribution in [0.4, 0.5) is 0 Å². The molecular formula is C11H17N5S. The number of hydrogen-bond acceptors (Lipinski definition) is 3. The van der Waals surface area contributed by atoms with Crippen molar-refractivity contribution in [2.45, 2.75) is 26.2 Å². The second-order valence-corrected chi connectivity index (χ2v) is 4.59. The van der Waals surface area contributed by atoms with Gasteiger partial charge in [-0.3, -0.25) is 10.5 Å². The van der Waals surface area contributed by atoms with Crippen LogP contribution >= 0.6 is 12.2 Å². The Balaban J connectivity index is 1.81. The highest BCUT2D eigenvalue weighted by atomic mass is 32.1. The quantitative estimate of drug-likeness (QED) is 0.474. The van der Waals surface area contributed by atoms with Crippen LogP contribution in [0.15, 0.2) is 11.2 Å². The first-order chi connectivity index (χ1) is 8.25. The van der Waals surface area contributed by atoms with E-state index in [0.29, 0.717) is 5.11 Å². The van der Waals surface area contributed by atoms with Crippen LogP contribution in [0.1, 0.15) is 30.7 Å². The molecule has 2 rings (SSSR count). The van der Waals surface area contributed by atoms with Crippen LogP contribution in [0.2, 0.25) is 0 Å². The van der Waals surface area contributed by atoms with E-state index in [2.05, 4.69) is 25.6 Å². The Morgan fingerprint density at radius 3 is 2.94 bits per heavy atom. The molecule has 1 fully saturated rings. The summed E-state index contributed by atoms with van der Waals surface area (Å²) in [6.45, 7) is 4.02. The third-order valence-corrected chi connectivity index (χ3v) is 3.08. The first-order valence-corrected chi connectivity index (χ1v) is 6.26. The van der Waals surface area contributed by atoms with E-state index in [9.17, 15) is 0 Å². The van der Waals surface area contributed by atoms with Crippen molar-refractivity contribution < 1.29 is 0 Å². The predicted octanol–water partition coefficient (Wildman–Crippen LogP) is 1.41. The van der Waals surface area contributed by atoms with Gasteiger partial charge in [0.05, 0.1) is 6.21 Å². The number of thiocarbonyl (C=S) groups is 1. The molecule has 6 heteroatoms. The van der Waals surface area contributed by atoms with Gasteiger partial charge in [0.2, 0.25) is 0 Å². The summed E-state index contributed by atoms with van der Waals surface area (Å²) in [4.78, 5) is 2.16. The number of H-pyrrole nitrogens is 1. The van der Waals surface area contributed by atoms with E-state index in [1.165, 1.54) is 19.3 Å². The average Bonchev–Trinajstić information content (AvgIpc) is 2.76. The molecule has 1 aliphatic rings. The summed E-state index contributed by atoms with van der Waals surface area (Å²) >= 11 is 5.27. The molecule has 0 saturated carbocycles. The number of piperidine rings is 1. The van der Waals surface area contributed by atoms with Crippen LogP contribution < -0.4 is 5.43 Å². The zero-order valence-corrected chi connectivity index (χ0v) is 10.8. The van der Waals surface area contributed by atoms with Crippen LogP contribution in [-0.2, 0) is 0 Å². The first kappa shape index (κ1) is 12.0. The van der Waals surface area contributed by atoms with E-state index in [0.717, 1.165) is 24.5 Å². The van der Waals surface area contributed by atoms with E-state index in [1.54, 1.807) is 6.21 Å². The number of hydrazone groups is 1. The number of likely N-dealkylation sites (tertiary alicyclic amines) is 1. The molecular weight excluding hydrogens is 234 g/mol. The Morgan fingerprint density at radius 2 is 2.29 bits per heavy atom. The molecule has 5 nitrogen and oxygen atoms in total. The van der Waals surface area contributed by atoms with Gasteiger partial charge < -0.3 is 4.90 Å². The number of rotatable bonds is 2. The number of aromatic amines is 1. The van der Waals surface area contributed by atoms with E-state index in [-0.39, 0.29) is 0 Å². The summed E-state index contributed by atoms with van der Waals surface area (Å²) in [5.41, 5.74) is 4.70. The minimum absolute atomic E-state index is 0.702. The van der Waals surface area contributed by atoms with Crippen molar-refractivity contribution in [1.29, 1.82) is 0 Å². The molecule has 2 N–H and O–H groups in total. The molecule has 0 aliphatic carbocycles. The van der Waals surface area contributed by atoms with Gasteiger partial charge in [-0.2, -0.15) is 10.2 Å². The van der Waals surface area contributed by atoms with E-state index in [1.807, 2.05) is 13.0 Å². The zero-order chi connectivity index (χ0) is 12.1. The zero-order valence-electron chi connectivity index (χ0n) is 9.94. The highest BCUT2D eigenvalue weighted by Gasteiger charge is 2.12. The molecule has 1 aliphatic heterocycles. The summed E-state index contributed by atoms with van der Waals surface area (Å²) in [5, 5.41) is 11.7. The van der Waals surface area contributed by atoms with Crippen molar-refractivity contribution >= 4 is 23.5 Å². The Kier molecular flexibility index (Phi) is 4.08. The molecule has 0 radical (unpaired) electrons. The fourth-order valence-electron chi connectivity index (χ4n) is 1.83. The van der Waals surface area contributed by atoms with Crippen molar-refractivity contribution in [1.82, 2.24) is 20.5 Å². The largest absolute Gasteiger partial charge is 0.348 e. The highest BCUT2D eigenvalue weighted by molar-refractivity contribution is 7.80. The molecule has 1 saturated heterocycles. The summed E-state index contributed by atoms with van der Waals surface area (Å²) in [6, 6.07) is 1.93. The van der Waals surface area contributed by atoms with Gasteiger partial charge in [-0.05, 0) is 44.5 Å². The minimum atomic E-state index is 0.702. The summed E-state index contributed by atoms with van der Waals surface area (Å²) in [7, 11) is 0. The lowest BCUT2D eigenvalue weighted by Gasteiger charge is -2.28. The minimum Gasteiger partial charge on any atom is -0.348 e. The number of hydrogen-bond donors (Lipinski definition) is 2. The molecule has 1 aromatic rings. The van der Waals surface area contributed by atoms with Crippen molar-refractivity contribution in [3.63, 3.8) is 0 Å². The third kappa shape index (κ3) is 3.52. The molecule has 0 unspecified atom stereocenters. The van der Waals surface area contributed by atoms with Crippen molar-refractivity contribution in [2.24, 2.45) is 5.10 Å². The molecule has 1 aromatic heterocycles. The van der Waals surface area contributed by atoms with Gasteiger partial charge in [0.25, 0.3) is 0 Å². The highest BCUT2D eigenvalue weighted by Crippen LogP contribution is 2.08. The maximum Gasteiger partial charge on any atom is 0.189 e. The number of nitrogens with one attached hydrogen (secondary N) is 2. The summed E-state index contributed by atoms with van der Waals surface area (Å²) in [5.74, 6) is 0. The van der Waals surface area contributed by atoms with Crippen molar-refractivity contribution in [3.05, 3.63) is 17.5 Å². The predicted molar refractivity (Wildman–Crippen MR) is 72.1 cm³/mol. The number of aromatic nitrogens is 2. The average molecular weight is 251 g/mol. The standard InChI is InChI=1S/C11H17N5S/c1-9-7-10(14-13-9)8-12-15-11(17)16-5-3-2-4-6-16/h7-8H,2-6H2,1H3,(H,13,14)(H,15,17)/b12-8+. The number of nitrogens with zero attached hydrogens (tertiary/aromatic N) is 3. The van der Waals surface area contributed by atoms with Gasteiger partial charge >= 0.3 is 0 Å². The van der Waals surface area contributed by atoms with E-state index >= 15 is 0 Å². The fraction of sp³-hybridized carbons (Fsp3) is 0.545. The number of aryl methyl sites for hydroxylation is 1. The lowest BCUT2D eigenvalue weighted by Crippen LogP contribution is -2.40. The van der Waals surface area contributed by atoms with Crippen LogP contribution in [0.3, 0.4) is 0 Å². The van der Waals surface area contributed by atoms with Gasteiger partial charge in [0.1, 0.15) is 5.69 Å². The Hall–Kier alpha value is -1.43.